The number of hydrogen-bond acceptors (Lipinski definition) is 4. The number of halogens is 1. The van der Waals surface area contributed by atoms with Crippen LogP contribution in [0.5, 0.6) is 0 Å². The summed E-state index contributed by atoms with van der Waals surface area (Å²) in [5.41, 5.74) is 0.278. The fourth-order valence-corrected chi connectivity index (χ4v) is 4.45. The van der Waals surface area contributed by atoms with Crippen LogP contribution in [0.2, 0.25) is 5.02 Å². The summed E-state index contributed by atoms with van der Waals surface area (Å²) >= 11 is 5.76. The molecule has 1 amide bonds. The third-order valence-electron chi connectivity index (χ3n) is 3.98. The van der Waals surface area contributed by atoms with E-state index in [2.05, 4.69) is 4.98 Å². The molecule has 0 aliphatic heterocycles. The number of aromatic nitrogens is 1. The monoisotopic (exact) mass is 330 g/mol. The molecule has 0 bridgehead atoms. The Labute approximate surface area is 130 Å². The number of pyridine rings is 1. The van der Waals surface area contributed by atoms with Gasteiger partial charge in [-0.05, 0) is 25.0 Å². The first-order valence-electron chi connectivity index (χ1n) is 6.88. The lowest BCUT2D eigenvalue weighted by molar-refractivity contribution is 0.0694. The fraction of sp³-hybridized carbons (Fsp3) is 0.571. The van der Waals surface area contributed by atoms with Crippen LogP contribution in [-0.2, 0) is 9.84 Å². The summed E-state index contributed by atoms with van der Waals surface area (Å²) in [4.78, 5) is 18.0. The van der Waals surface area contributed by atoms with E-state index >= 15 is 0 Å². The van der Waals surface area contributed by atoms with Gasteiger partial charge in [0.2, 0.25) is 0 Å². The maximum atomic E-state index is 12.5. The van der Waals surface area contributed by atoms with Crippen molar-refractivity contribution in [2.45, 2.75) is 37.0 Å². The van der Waals surface area contributed by atoms with E-state index in [9.17, 15) is 13.2 Å². The molecule has 1 aliphatic rings. The highest BCUT2D eigenvalue weighted by Crippen LogP contribution is 2.28. The van der Waals surface area contributed by atoms with Gasteiger partial charge in [0.25, 0.3) is 5.91 Å². The molecular weight excluding hydrogens is 312 g/mol. The lowest BCUT2D eigenvalue weighted by atomic mass is 9.93. The fourth-order valence-electron chi connectivity index (χ4n) is 2.85. The molecule has 2 atom stereocenters. The van der Waals surface area contributed by atoms with E-state index < -0.39 is 15.1 Å². The molecule has 2 unspecified atom stereocenters. The van der Waals surface area contributed by atoms with Gasteiger partial charge < -0.3 is 4.90 Å². The van der Waals surface area contributed by atoms with Gasteiger partial charge in [-0.15, -0.1) is 0 Å². The van der Waals surface area contributed by atoms with Crippen LogP contribution in [0.25, 0.3) is 0 Å². The normalized spacial score (nSPS) is 22.8. The SMILES string of the molecule is CN(C(=O)c1ccc(Cl)cn1)C1CCCCC1S(C)(=O)=O. The summed E-state index contributed by atoms with van der Waals surface area (Å²) in [6, 6.07) is 2.86. The van der Waals surface area contributed by atoms with Crippen molar-refractivity contribution in [2.75, 3.05) is 13.3 Å². The molecule has 1 aliphatic carbocycles. The maximum Gasteiger partial charge on any atom is 0.272 e. The Morgan fingerprint density at radius 2 is 2.00 bits per heavy atom. The Morgan fingerprint density at radius 1 is 1.33 bits per heavy atom. The van der Waals surface area contributed by atoms with Crippen molar-refractivity contribution in [2.24, 2.45) is 0 Å². The molecule has 1 fully saturated rings. The molecule has 1 aromatic heterocycles. The number of carbonyl (C=O) groups excluding carboxylic acids is 1. The highest BCUT2D eigenvalue weighted by atomic mass is 35.5. The largest absolute Gasteiger partial charge is 0.336 e. The van der Waals surface area contributed by atoms with Gasteiger partial charge >= 0.3 is 0 Å². The van der Waals surface area contributed by atoms with Crippen molar-refractivity contribution in [1.82, 2.24) is 9.88 Å². The van der Waals surface area contributed by atoms with Crippen LogP contribution < -0.4 is 0 Å². The van der Waals surface area contributed by atoms with Gasteiger partial charge in [-0.3, -0.25) is 4.79 Å². The number of sulfone groups is 1. The Bertz CT molecular complexity index is 616. The predicted molar refractivity (Wildman–Crippen MR) is 82.2 cm³/mol. The van der Waals surface area contributed by atoms with Gasteiger partial charge in [-0.25, -0.2) is 13.4 Å². The zero-order valence-corrected chi connectivity index (χ0v) is 13.7. The van der Waals surface area contributed by atoms with Gasteiger partial charge in [0.1, 0.15) is 5.69 Å². The van der Waals surface area contributed by atoms with E-state index in [0.29, 0.717) is 17.9 Å². The zero-order chi connectivity index (χ0) is 15.6. The molecule has 0 N–H and O–H groups in total. The molecule has 0 saturated heterocycles. The highest BCUT2D eigenvalue weighted by molar-refractivity contribution is 7.91. The minimum absolute atomic E-state index is 0.271. The molecule has 0 spiro atoms. The van der Waals surface area contributed by atoms with Crippen molar-refractivity contribution in [3.05, 3.63) is 29.0 Å². The molecule has 21 heavy (non-hydrogen) atoms. The van der Waals surface area contributed by atoms with Gasteiger partial charge in [0, 0.05) is 25.5 Å². The Morgan fingerprint density at radius 3 is 2.57 bits per heavy atom. The Hall–Kier alpha value is -1.14. The van der Waals surface area contributed by atoms with Gasteiger partial charge in [0.05, 0.1) is 10.3 Å². The van der Waals surface area contributed by atoms with Crippen LogP contribution in [0, 0.1) is 0 Å². The van der Waals surface area contributed by atoms with Crippen molar-refractivity contribution >= 4 is 27.3 Å². The smallest absolute Gasteiger partial charge is 0.272 e. The van der Waals surface area contributed by atoms with Gasteiger partial charge in [-0.2, -0.15) is 0 Å². The number of carbonyl (C=O) groups is 1. The maximum absolute atomic E-state index is 12.5. The van der Waals surface area contributed by atoms with E-state index in [4.69, 9.17) is 11.6 Å². The summed E-state index contributed by atoms with van der Waals surface area (Å²) < 4.78 is 23.9. The minimum atomic E-state index is -3.18. The Balaban J connectivity index is 2.22. The standard InChI is InChI=1S/C14H19ClN2O3S/c1-17(14(18)11-8-7-10(15)9-16-11)12-5-3-4-6-13(12)21(2,19)20/h7-9,12-13H,3-6H2,1-2H3. The predicted octanol–water partition coefficient (Wildman–Crippen LogP) is 2.16. The molecule has 7 heteroatoms. The summed E-state index contributed by atoms with van der Waals surface area (Å²) in [5.74, 6) is -0.271. The van der Waals surface area contributed by atoms with E-state index in [1.807, 2.05) is 0 Å². The molecule has 2 rings (SSSR count). The Kier molecular flexibility index (Phi) is 4.88. The third kappa shape index (κ3) is 3.74. The van der Waals surface area contributed by atoms with Crippen LogP contribution >= 0.6 is 11.6 Å². The van der Waals surface area contributed by atoms with Gasteiger partial charge in [0.15, 0.2) is 9.84 Å². The first-order chi connectivity index (χ1) is 9.80. The lowest BCUT2D eigenvalue weighted by Gasteiger charge is -2.36. The van der Waals surface area contributed by atoms with Crippen LogP contribution in [0.15, 0.2) is 18.3 Å². The average molecular weight is 331 g/mol. The number of amides is 1. The summed E-state index contributed by atoms with van der Waals surface area (Å²) in [6.45, 7) is 0. The quantitative estimate of drug-likeness (QED) is 0.851. The second-order valence-corrected chi connectivity index (χ2v) is 8.20. The molecule has 1 heterocycles. The van der Waals surface area contributed by atoms with Gasteiger partial charge in [-0.1, -0.05) is 24.4 Å². The van der Waals surface area contributed by atoms with Crippen molar-refractivity contribution in [3.63, 3.8) is 0 Å². The van der Waals surface area contributed by atoms with E-state index in [1.54, 1.807) is 19.2 Å². The lowest BCUT2D eigenvalue weighted by Crippen LogP contribution is -2.49. The summed E-state index contributed by atoms with van der Waals surface area (Å²) in [5, 5.41) is -0.0339. The first-order valence-corrected chi connectivity index (χ1v) is 9.21. The molecule has 1 aromatic rings. The topological polar surface area (TPSA) is 67.3 Å². The second kappa shape index (κ2) is 6.32. The molecular formula is C14H19ClN2O3S. The third-order valence-corrected chi connectivity index (χ3v) is 5.86. The summed E-state index contributed by atoms with van der Waals surface area (Å²) in [7, 11) is -1.53. The molecule has 116 valence electrons. The van der Waals surface area contributed by atoms with E-state index in [1.165, 1.54) is 17.4 Å². The van der Waals surface area contributed by atoms with Crippen LogP contribution in [0.1, 0.15) is 36.2 Å². The van der Waals surface area contributed by atoms with Crippen LogP contribution in [0.3, 0.4) is 0 Å². The van der Waals surface area contributed by atoms with Crippen molar-refractivity contribution < 1.29 is 13.2 Å². The number of hydrogen-bond donors (Lipinski definition) is 0. The van der Waals surface area contributed by atoms with E-state index in [-0.39, 0.29) is 17.6 Å². The molecule has 0 aromatic carbocycles. The highest BCUT2D eigenvalue weighted by Gasteiger charge is 2.37. The van der Waals surface area contributed by atoms with Crippen molar-refractivity contribution in [1.29, 1.82) is 0 Å². The second-order valence-electron chi connectivity index (χ2n) is 5.50. The number of nitrogens with zero attached hydrogens (tertiary/aromatic N) is 2. The van der Waals surface area contributed by atoms with E-state index in [0.717, 1.165) is 12.8 Å². The number of rotatable bonds is 3. The average Bonchev–Trinajstić information content (AvgIpc) is 2.45. The molecule has 5 nitrogen and oxygen atoms in total. The molecule has 1 saturated carbocycles. The molecule has 0 radical (unpaired) electrons. The summed E-state index contributed by atoms with van der Waals surface area (Å²) in [6.07, 6.45) is 5.78. The van der Waals surface area contributed by atoms with Crippen molar-refractivity contribution in [3.8, 4) is 0 Å². The first kappa shape index (κ1) is 16.2. The van der Waals surface area contributed by atoms with Crippen LogP contribution in [0.4, 0.5) is 0 Å². The zero-order valence-electron chi connectivity index (χ0n) is 12.1. The minimum Gasteiger partial charge on any atom is -0.336 e. The van der Waals surface area contributed by atoms with Crippen LogP contribution in [-0.4, -0.2) is 48.8 Å².